The molecule has 0 saturated carbocycles. The number of amides is 2. The number of nitrogens with zero attached hydrogens (tertiary/aromatic N) is 2. The molecule has 20 nitrogen and oxygen atoms in total. The molecule has 6 aromatic rings. The fraction of sp³-hybridized carbons (Fsp3) is 0.318. The molecule has 1 aromatic heterocycles. The molecule has 64 heavy (non-hydrogen) atoms. The topological polar surface area (TPSA) is 278 Å². The van der Waals surface area contributed by atoms with Gasteiger partial charge in [-0.2, -0.15) is 0 Å². The van der Waals surface area contributed by atoms with Crippen molar-refractivity contribution in [2.24, 2.45) is 0 Å². The summed E-state index contributed by atoms with van der Waals surface area (Å²) in [6.07, 6.45) is 0.398. The number of aromatic nitrogens is 1. The monoisotopic (exact) mass is 881 g/mol. The smallest absolute Gasteiger partial charge is 0.344 e. The number of phenols is 2. The van der Waals surface area contributed by atoms with E-state index in [9.17, 15) is 58.2 Å². The average Bonchev–Trinajstić information content (AvgIpc) is 3.28. The van der Waals surface area contributed by atoms with Crippen LogP contribution in [0.1, 0.15) is 38.8 Å². The fourth-order valence-corrected chi connectivity index (χ4v) is 8.11. The Morgan fingerprint density at radius 2 is 1.41 bits per heavy atom. The fourth-order valence-electron chi connectivity index (χ4n) is 8.11. The van der Waals surface area contributed by atoms with Crippen molar-refractivity contribution in [1.29, 1.82) is 0 Å². The van der Waals surface area contributed by atoms with Crippen molar-refractivity contribution in [3.63, 3.8) is 0 Å². The van der Waals surface area contributed by atoms with Gasteiger partial charge >= 0.3 is 17.9 Å². The van der Waals surface area contributed by atoms with Crippen molar-refractivity contribution in [3.8, 4) is 23.0 Å². The van der Waals surface area contributed by atoms with Crippen molar-refractivity contribution in [3.05, 3.63) is 87.3 Å². The van der Waals surface area contributed by atoms with Gasteiger partial charge in [-0.15, -0.1) is 0 Å². The number of rotatable bonds is 11. The van der Waals surface area contributed by atoms with Gasteiger partial charge in [0.1, 0.15) is 41.6 Å². The number of hydrogen-bond acceptors (Lipinski definition) is 17. The number of methoxy groups -OCH3 is 3. The molecule has 3 unspecified atom stereocenters. The van der Waals surface area contributed by atoms with E-state index in [1.807, 2.05) is 0 Å². The van der Waals surface area contributed by atoms with Gasteiger partial charge in [-0.25, -0.2) is 14.4 Å². The van der Waals surface area contributed by atoms with Crippen LogP contribution in [-0.2, 0) is 44.7 Å². The highest BCUT2D eigenvalue weighted by Crippen LogP contribution is 2.44. The lowest BCUT2D eigenvalue weighted by molar-refractivity contribution is -0.161. The third kappa shape index (κ3) is 6.95. The van der Waals surface area contributed by atoms with Gasteiger partial charge in [-0.1, -0.05) is 13.8 Å². The van der Waals surface area contributed by atoms with Crippen LogP contribution in [-0.4, -0.2) is 103 Å². The second kappa shape index (κ2) is 16.8. The summed E-state index contributed by atoms with van der Waals surface area (Å²) in [6, 6.07) is 3.48. The highest BCUT2D eigenvalue weighted by molar-refractivity contribution is 6.23. The van der Waals surface area contributed by atoms with E-state index in [1.54, 1.807) is 13.8 Å². The van der Waals surface area contributed by atoms with Crippen LogP contribution >= 0.6 is 0 Å². The van der Waals surface area contributed by atoms with Crippen LogP contribution in [0.3, 0.4) is 0 Å². The maximum atomic E-state index is 14.8. The van der Waals surface area contributed by atoms with Crippen LogP contribution in [0.4, 0.5) is 0 Å². The summed E-state index contributed by atoms with van der Waals surface area (Å²) in [7, 11) is 3.33. The summed E-state index contributed by atoms with van der Waals surface area (Å²) in [5.74, 6) is -7.05. The van der Waals surface area contributed by atoms with E-state index in [4.69, 9.17) is 14.2 Å². The number of esters is 3. The van der Waals surface area contributed by atoms with E-state index in [-0.39, 0.29) is 33.4 Å². The first-order chi connectivity index (χ1) is 30.4. The Morgan fingerprint density at radius 1 is 0.766 bits per heavy atom. The molecule has 7 rings (SSSR count). The summed E-state index contributed by atoms with van der Waals surface area (Å²) in [6.45, 7) is 2.27. The molecule has 332 valence electrons. The molecule has 1 fully saturated rings. The lowest BCUT2D eigenvalue weighted by Crippen LogP contribution is -2.63. The molecule has 2 amide bonds. The van der Waals surface area contributed by atoms with Crippen LogP contribution in [0.5, 0.6) is 23.0 Å². The number of aromatic hydroxyl groups is 2. The Hall–Kier alpha value is -7.90. The van der Waals surface area contributed by atoms with E-state index < -0.39 is 151 Å². The number of hydrogen-bond donors (Lipinski definition) is 3. The highest BCUT2D eigenvalue weighted by atomic mass is 16.6. The summed E-state index contributed by atoms with van der Waals surface area (Å²) in [5.41, 5.74) is -4.91. The molecule has 0 aliphatic carbocycles. The molecule has 1 aliphatic rings. The van der Waals surface area contributed by atoms with Crippen LogP contribution in [0, 0.1) is 0 Å². The van der Waals surface area contributed by atoms with E-state index in [1.165, 1.54) is 25.1 Å². The lowest BCUT2D eigenvalue weighted by atomic mass is 9.91. The van der Waals surface area contributed by atoms with Crippen molar-refractivity contribution < 1.29 is 57.9 Å². The van der Waals surface area contributed by atoms with E-state index in [0.29, 0.717) is 6.42 Å². The number of carbonyl (C=O) groups is 5. The standard InChI is InChI=1S/C44H39N3O17/c1-7-17(2)23-12-21-31(43(58)47(23)14-26(49)46-13-22(45-42(57)18(46)3)44(59)64-16-28(51)61-5)37(53)29-19(36(21)52)8-9-20-30(29)38(54)34-35(41(20)62-6)40(56)33-25(63-15-27(50)60-4)11-10-24(48)32(33)39(34)55/h8-12,17-18,22,48,54H,7,13-16H2,1-6H3,(H,45,57). The van der Waals surface area contributed by atoms with Crippen LogP contribution < -0.4 is 42.1 Å². The minimum Gasteiger partial charge on any atom is -0.507 e. The molecular weight excluding hydrogens is 842 g/mol. The SMILES string of the molecule is CCC(C)c1cc2c(=O)c3ccc4c(OC)c5c(=O)c6c(OCC(=O)OC)ccc(O)c6c(=O)c5c(O)c4c3c(=O)c2c(=O)n1CC(=O)N1CC(C(=O)OCC(=O)OC)NC(=O)C1C. The normalized spacial score (nSPS) is 15.7. The Balaban J connectivity index is 1.47. The zero-order valence-corrected chi connectivity index (χ0v) is 35.1. The quantitative estimate of drug-likeness (QED) is 0.0704. The van der Waals surface area contributed by atoms with Gasteiger partial charge in [0.25, 0.3) is 5.56 Å². The van der Waals surface area contributed by atoms with E-state index in [0.717, 1.165) is 42.9 Å². The lowest BCUT2D eigenvalue weighted by Gasteiger charge is -2.37. The van der Waals surface area contributed by atoms with Gasteiger partial charge in [0.05, 0.1) is 54.8 Å². The summed E-state index contributed by atoms with van der Waals surface area (Å²) in [5, 5.41) is 20.7. The van der Waals surface area contributed by atoms with Gasteiger partial charge < -0.3 is 48.7 Å². The first kappa shape index (κ1) is 44.2. The Morgan fingerprint density at radius 3 is 2.06 bits per heavy atom. The molecule has 1 aliphatic heterocycles. The number of piperazine rings is 1. The molecule has 3 atom stereocenters. The molecule has 20 heteroatoms. The first-order valence-electron chi connectivity index (χ1n) is 19.7. The summed E-state index contributed by atoms with van der Waals surface area (Å²) < 4.78 is 26.1. The van der Waals surface area contributed by atoms with Crippen LogP contribution in [0.25, 0.3) is 53.9 Å². The molecule has 0 spiro atoms. The average molecular weight is 882 g/mol. The maximum absolute atomic E-state index is 14.8. The first-order valence-corrected chi connectivity index (χ1v) is 19.7. The molecule has 5 aromatic carbocycles. The number of benzene rings is 5. The number of ether oxygens (including phenoxy) is 5. The van der Waals surface area contributed by atoms with Gasteiger partial charge in [0.15, 0.2) is 18.6 Å². The second-order valence-corrected chi connectivity index (χ2v) is 15.1. The Kier molecular flexibility index (Phi) is 11.6. The third-order valence-corrected chi connectivity index (χ3v) is 11.6. The number of carbonyl (C=O) groups excluding carboxylic acids is 5. The predicted molar refractivity (Wildman–Crippen MR) is 228 cm³/mol. The molecule has 1 saturated heterocycles. The van der Waals surface area contributed by atoms with Gasteiger partial charge in [-0.3, -0.25) is 33.6 Å². The molecule has 0 bridgehead atoms. The van der Waals surface area contributed by atoms with Crippen molar-refractivity contribution in [2.45, 2.75) is 51.7 Å². The Labute approximate surface area is 358 Å². The van der Waals surface area contributed by atoms with Gasteiger partial charge in [-0.05, 0) is 49.6 Å². The van der Waals surface area contributed by atoms with Crippen molar-refractivity contribution in [2.75, 3.05) is 41.1 Å². The second-order valence-electron chi connectivity index (χ2n) is 15.1. The van der Waals surface area contributed by atoms with E-state index in [2.05, 4.69) is 14.8 Å². The molecular formula is C44H39N3O17. The molecule has 3 N–H and O–H groups in total. The number of fused-ring (bicyclic) bond motifs is 6. The zero-order valence-electron chi connectivity index (χ0n) is 35.1. The van der Waals surface area contributed by atoms with Crippen LogP contribution in [0.2, 0.25) is 0 Å². The van der Waals surface area contributed by atoms with E-state index >= 15 is 0 Å². The van der Waals surface area contributed by atoms with Gasteiger partial charge in [0.2, 0.25) is 28.1 Å². The predicted octanol–water partition coefficient (Wildman–Crippen LogP) is 0.848. The summed E-state index contributed by atoms with van der Waals surface area (Å²) >= 11 is 0. The largest absolute Gasteiger partial charge is 0.507 e. The molecule has 2 heterocycles. The highest BCUT2D eigenvalue weighted by Gasteiger charge is 2.39. The maximum Gasteiger partial charge on any atom is 0.344 e. The third-order valence-electron chi connectivity index (χ3n) is 11.6. The van der Waals surface area contributed by atoms with Crippen molar-refractivity contribution in [1.82, 2.24) is 14.8 Å². The van der Waals surface area contributed by atoms with Gasteiger partial charge in [0, 0.05) is 32.6 Å². The number of pyridine rings is 1. The molecule has 0 radical (unpaired) electrons. The minimum atomic E-state index is -1.40. The Bertz CT molecular complexity index is 3330. The van der Waals surface area contributed by atoms with Crippen molar-refractivity contribution >= 4 is 83.6 Å². The summed E-state index contributed by atoms with van der Waals surface area (Å²) in [4.78, 5) is 137. The van der Waals surface area contributed by atoms with Crippen LogP contribution in [0.15, 0.2) is 54.3 Å². The zero-order chi connectivity index (χ0) is 46.6. The number of phenolic OH excluding ortho intramolecular Hbond substituents is 2. The number of nitrogens with one attached hydrogen (secondary N) is 1. The minimum absolute atomic E-state index is 0.132.